The van der Waals surface area contributed by atoms with E-state index in [0.29, 0.717) is 35.6 Å². The summed E-state index contributed by atoms with van der Waals surface area (Å²) in [5.41, 5.74) is 2.45. The molecule has 0 aliphatic carbocycles. The fourth-order valence-electron chi connectivity index (χ4n) is 4.95. The highest BCUT2D eigenvalue weighted by Gasteiger charge is 2.32. The first-order valence-corrected chi connectivity index (χ1v) is 10.9. The molecule has 0 saturated carbocycles. The first-order valence-electron chi connectivity index (χ1n) is 10.9. The fourth-order valence-corrected chi connectivity index (χ4v) is 4.95. The Morgan fingerprint density at radius 1 is 1.13 bits per heavy atom. The van der Waals surface area contributed by atoms with Crippen molar-refractivity contribution in [2.75, 3.05) is 0 Å². The minimum atomic E-state index is -0.0450. The molecule has 2 aromatic carbocycles. The van der Waals surface area contributed by atoms with Crippen LogP contribution >= 0.6 is 0 Å². The van der Waals surface area contributed by atoms with Crippen LogP contribution in [0.5, 0.6) is 5.75 Å². The third-order valence-corrected chi connectivity index (χ3v) is 6.36. The maximum atomic E-state index is 13.2. The number of hydrogen-bond donors (Lipinski definition) is 2. The molecule has 3 aromatic rings. The Bertz CT molecular complexity index is 1030. The lowest BCUT2D eigenvalue weighted by Gasteiger charge is -2.40. The van der Waals surface area contributed by atoms with E-state index in [1.54, 1.807) is 0 Å². The topological polar surface area (TPSA) is 63.5 Å². The van der Waals surface area contributed by atoms with Gasteiger partial charge in [-0.2, -0.15) is 0 Å². The van der Waals surface area contributed by atoms with Crippen LogP contribution in [0.3, 0.4) is 0 Å². The summed E-state index contributed by atoms with van der Waals surface area (Å²) in [6.45, 7) is 2.35. The maximum Gasteiger partial charge on any atom is 0.255 e. The van der Waals surface area contributed by atoms with E-state index in [4.69, 9.17) is 9.15 Å². The summed E-state index contributed by atoms with van der Waals surface area (Å²) in [7, 11) is 0. The Kier molecular flexibility index (Phi) is 5.21. The van der Waals surface area contributed by atoms with Crippen LogP contribution < -0.4 is 15.4 Å². The highest BCUT2D eigenvalue weighted by Crippen LogP contribution is 2.31. The van der Waals surface area contributed by atoms with Gasteiger partial charge >= 0.3 is 0 Å². The number of furan rings is 1. The van der Waals surface area contributed by atoms with Gasteiger partial charge in [-0.3, -0.25) is 4.79 Å². The summed E-state index contributed by atoms with van der Waals surface area (Å²) in [5, 5.41) is 7.77. The van der Waals surface area contributed by atoms with Crippen LogP contribution in [0.4, 0.5) is 0 Å². The van der Waals surface area contributed by atoms with Crippen LogP contribution in [0.2, 0.25) is 0 Å². The molecule has 3 atom stereocenters. The van der Waals surface area contributed by atoms with Gasteiger partial charge in [0.2, 0.25) is 0 Å². The van der Waals surface area contributed by atoms with Crippen molar-refractivity contribution in [3.63, 3.8) is 0 Å². The summed E-state index contributed by atoms with van der Waals surface area (Å²) < 4.78 is 11.8. The molecule has 0 radical (unpaired) electrons. The van der Waals surface area contributed by atoms with Crippen molar-refractivity contribution in [3.8, 4) is 5.75 Å². The van der Waals surface area contributed by atoms with Gasteiger partial charge in [0, 0.05) is 23.5 Å². The predicted octanol–water partition coefficient (Wildman–Crippen LogP) is 4.72. The van der Waals surface area contributed by atoms with Crippen LogP contribution in [-0.4, -0.2) is 24.0 Å². The van der Waals surface area contributed by atoms with E-state index in [9.17, 15) is 4.79 Å². The average Bonchev–Trinajstić information content (AvgIpc) is 3.08. The molecule has 1 aromatic heterocycles. The van der Waals surface area contributed by atoms with Crippen LogP contribution in [0.15, 0.2) is 52.9 Å². The van der Waals surface area contributed by atoms with E-state index < -0.39 is 0 Å². The fraction of sp³-hybridized carbons (Fsp3) is 0.400. The number of aryl methyl sites for hydroxylation is 1. The zero-order valence-electron chi connectivity index (χ0n) is 17.3. The van der Waals surface area contributed by atoms with Crippen LogP contribution in [0, 0.1) is 6.92 Å². The molecule has 2 fully saturated rings. The number of carbonyl (C=O) groups excluding carboxylic acids is 1. The van der Waals surface area contributed by atoms with Crippen molar-refractivity contribution in [1.29, 1.82) is 0 Å². The lowest BCUT2D eigenvalue weighted by molar-refractivity contribution is 0.0907. The van der Waals surface area contributed by atoms with Crippen LogP contribution in [0.25, 0.3) is 11.0 Å². The largest absolute Gasteiger partial charge is 0.489 e. The van der Waals surface area contributed by atoms with Crippen molar-refractivity contribution in [3.05, 3.63) is 65.4 Å². The Hall–Kier alpha value is -2.79. The van der Waals surface area contributed by atoms with Crippen molar-refractivity contribution in [2.45, 2.75) is 63.8 Å². The van der Waals surface area contributed by atoms with Gasteiger partial charge in [0.05, 0.1) is 5.56 Å². The van der Waals surface area contributed by atoms with Crippen LogP contribution in [-0.2, 0) is 6.61 Å². The monoisotopic (exact) mass is 404 g/mol. The summed E-state index contributed by atoms with van der Waals surface area (Å²) >= 11 is 0. The van der Waals surface area contributed by atoms with Crippen molar-refractivity contribution < 1.29 is 13.9 Å². The molecule has 0 spiro atoms. The van der Waals surface area contributed by atoms with Crippen molar-refractivity contribution in [2.24, 2.45) is 0 Å². The van der Waals surface area contributed by atoms with Gasteiger partial charge in [0.25, 0.3) is 5.91 Å². The molecular weight excluding hydrogens is 376 g/mol. The van der Waals surface area contributed by atoms with Crippen LogP contribution in [0.1, 0.15) is 53.8 Å². The number of hydrogen-bond acceptors (Lipinski definition) is 4. The van der Waals surface area contributed by atoms with Gasteiger partial charge in [0.1, 0.15) is 23.7 Å². The molecule has 2 aliphatic rings. The van der Waals surface area contributed by atoms with Crippen molar-refractivity contribution >= 4 is 16.9 Å². The Morgan fingerprint density at radius 3 is 2.67 bits per heavy atom. The first kappa shape index (κ1) is 19.2. The van der Waals surface area contributed by atoms with E-state index in [0.717, 1.165) is 29.5 Å². The molecule has 2 N–H and O–H groups in total. The van der Waals surface area contributed by atoms with Gasteiger partial charge in [-0.25, -0.2) is 0 Å². The first-order chi connectivity index (χ1) is 14.7. The summed E-state index contributed by atoms with van der Waals surface area (Å²) in [6.07, 6.45) is 5.71. The molecular formula is C25H28N2O3. The zero-order chi connectivity index (χ0) is 20.5. The third-order valence-electron chi connectivity index (χ3n) is 6.36. The second kappa shape index (κ2) is 8.15. The summed E-state index contributed by atoms with van der Waals surface area (Å²) in [6, 6.07) is 17.0. The SMILES string of the molecule is Cc1oc2ccc(OCc3ccccc3)cc2c1C(=O)NC1C[C@H]2CCC[C@@H](C1)N2. The molecule has 156 valence electrons. The predicted molar refractivity (Wildman–Crippen MR) is 117 cm³/mol. The Balaban J connectivity index is 1.34. The molecule has 2 aliphatic heterocycles. The lowest BCUT2D eigenvalue weighted by atomic mass is 9.84. The minimum Gasteiger partial charge on any atom is -0.489 e. The number of benzene rings is 2. The molecule has 3 heterocycles. The number of piperidine rings is 2. The van der Waals surface area contributed by atoms with Gasteiger partial charge in [-0.15, -0.1) is 0 Å². The number of ether oxygens (including phenoxy) is 1. The standard InChI is InChI=1S/C25H28N2O3/c1-16-24(25(28)27-20-12-18-8-5-9-19(13-20)26-18)22-14-21(10-11-23(22)30-16)29-15-17-6-3-2-4-7-17/h2-4,6-7,10-11,14,18-20,26H,5,8-9,12-13,15H2,1H3,(H,27,28)/t18-,19+,20?. The van der Waals surface area contributed by atoms with Gasteiger partial charge in [-0.1, -0.05) is 36.8 Å². The quantitative estimate of drug-likeness (QED) is 0.646. The molecule has 5 rings (SSSR count). The molecule has 30 heavy (non-hydrogen) atoms. The molecule has 2 bridgehead atoms. The van der Waals surface area contributed by atoms with Gasteiger partial charge < -0.3 is 19.8 Å². The summed E-state index contributed by atoms with van der Waals surface area (Å²) in [5.74, 6) is 1.34. The molecule has 5 nitrogen and oxygen atoms in total. The number of fused-ring (bicyclic) bond motifs is 3. The van der Waals surface area contributed by atoms with Crippen molar-refractivity contribution in [1.82, 2.24) is 10.6 Å². The Morgan fingerprint density at radius 2 is 1.90 bits per heavy atom. The molecule has 5 heteroatoms. The molecule has 1 amide bonds. The second-order valence-corrected chi connectivity index (χ2v) is 8.60. The van der Waals surface area contributed by atoms with Gasteiger partial charge in [0.15, 0.2) is 0 Å². The van der Waals surface area contributed by atoms with E-state index >= 15 is 0 Å². The number of rotatable bonds is 5. The van der Waals surface area contributed by atoms with E-state index in [-0.39, 0.29) is 11.9 Å². The Labute approximate surface area is 176 Å². The maximum absolute atomic E-state index is 13.2. The summed E-state index contributed by atoms with van der Waals surface area (Å²) in [4.78, 5) is 13.2. The van der Waals surface area contributed by atoms with E-state index in [2.05, 4.69) is 10.6 Å². The van der Waals surface area contributed by atoms with E-state index in [1.165, 1.54) is 19.3 Å². The number of nitrogens with one attached hydrogen (secondary N) is 2. The number of amides is 1. The highest BCUT2D eigenvalue weighted by molar-refractivity contribution is 6.07. The average molecular weight is 405 g/mol. The second-order valence-electron chi connectivity index (χ2n) is 8.60. The third kappa shape index (κ3) is 3.94. The zero-order valence-corrected chi connectivity index (χ0v) is 17.3. The minimum absolute atomic E-state index is 0.0450. The number of carbonyl (C=O) groups is 1. The smallest absolute Gasteiger partial charge is 0.255 e. The van der Waals surface area contributed by atoms with Gasteiger partial charge in [-0.05, 0) is 56.4 Å². The van der Waals surface area contributed by atoms with E-state index in [1.807, 2.05) is 55.5 Å². The molecule has 2 saturated heterocycles. The molecule has 1 unspecified atom stereocenters. The normalized spacial score (nSPS) is 23.3. The highest BCUT2D eigenvalue weighted by atomic mass is 16.5. The lowest BCUT2D eigenvalue weighted by Crippen LogP contribution is -2.54.